The van der Waals surface area contributed by atoms with Crippen molar-refractivity contribution in [3.05, 3.63) is 66.4 Å². The van der Waals surface area contributed by atoms with Gasteiger partial charge in [-0.05, 0) is 30.3 Å². The summed E-state index contributed by atoms with van der Waals surface area (Å²) in [6.45, 7) is 0. The van der Waals surface area contributed by atoms with Crippen LogP contribution in [0.15, 0.2) is 65.7 Å². The van der Waals surface area contributed by atoms with Gasteiger partial charge >= 0.3 is 6.18 Å². The number of alkyl halides is 3. The lowest BCUT2D eigenvalue weighted by atomic mass is 10.2. The van der Waals surface area contributed by atoms with E-state index in [-0.39, 0.29) is 16.1 Å². The number of pyridine rings is 1. The van der Waals surface area contributed by atoms with Crippen molar-refractivity contribution in [1.82, 2.24) is 4.98 Å². The third-order valence-electron chi connectivity index (χ3n) is 3.33. The molecule has 0 fully saturated rings. The van der Waals surface area contributed by atoms with Crippen molar-refractivity contribution in [2.75, 3.05) is 4.72 Å². The second-order valence-electron chi connectivity index (χ2n) is 5.02. The maximum atomic E-state index is 12.7. The van der Waals surface area contributed by atoms with Crippen LogP contribution in [0.3, 0.4) is 0 Å². The number of nitrogens with one attached hydrogen (secondary N) is 1. The topological polar surface area (TPSA) is 59.1 Å². The zero-order chi connectivity index (χ0) is 17.4. The number of rotatable bonds is 3. The molecule has 1 heterocycles. The first-order valence-electron chi connectivity index (χ1n) is 6.81. The predicted octanol–water partition coefficient (Wildman–Crippen LogP) is 4.05. The van der Waals surface area contributed by atoms with Crippen molar-refractivity contribution in [1.29, 1.82) is 0 Å². The molecule has 0 saturated heterocycles. The van der Waals surface area contributed by atoms with Crippen LogP contribution in [0.1, 0.15) is 5.56 Å². The zero-order valence-corrected chi connectivity index (χ0v) is 12.9. The largest absolute Gasteiger partial charge is 0.416 e. The van der Waals surface area contributed by atoms with Gasteiger partial charge in [-0.3, -0.25) is 9.71 Å². The van der Waals surface area contributed by atoms with E-state index in [2.05, 4.69) is 9.71 Å². The molecule has 1 N–H and O–H groups in total. The summed E-state index contributed by atoms with van der Waals surface area (Å²) < 4.78 is 65.5. The second-order valence-corrected chi connectivity index (χ2v) is 6.67. The van der Waals surface area contributed by atoms with Crippen LogP contribution in [0.4, 0.5) is 18.9 Å². The van der Waals surface area contributed by atoms with Crippen LogP contribution in [0.25, 0.3) is 10.9 Å². The molecule has 1 aromatic heterocycles. The number of hydrogen-bond donors (Lipinski definition) is 1. The number of sulfonamides is 1. The Kier molecular flexibility index (Phi) is 3.92. The van der Waals surface area contributed by atoms with E-state index in [0.29, 0.717) is 5.39 Å². The van der Waals surface area contributed by atoms with Crippen molar-refractivity contribution in [3.8, 4) is 0 Å². The van der Waals surface area contributed by atoms with E-state index in [1.165, 1.54) is 18.3 Å². The Bertz CT molecular complexity index is 996. The molecule has 124 valence electrons. The van der Waals surface area contributed by atoms with Gasteiger partial charge in [-0.2, -0.15) is 13.2 Å². The van der Waals surface area contributed by atoms with Crippen LogP contribution in [-0.2, 0) is 16.2 Å². The average molecular weight is 352 g/mol. The fraction of sp³-hybridized carbons (Fsp3) is 0.0625. The second kappa shape index (κ2) is 5.79. The Morgan fingerprint density at radius 1 is 0.958 bits per heavy atom. The minimum Gasteiger partial charge on any atom is -0.280 e. The number of hydrogen-bond acceptors (Lipinski definition) is 3. The molecule has 0 spiro atoms. The Hall–Kier alpha value is -2.61. The number of aromatic nitrogens is 1. The van der Waals surface area contributed by atoms with Crippen LogP contribution < -0.4 is 4.72 Å². The summed E-state index contributed by atoms with van der Waals surface area (Å²) in [5.74, 6) is 0. The minimum absolute atomic E-state index is 0.0991. The average Bonchev–Trinajstić information content (AvgIpc) is 2.53. The van der Waals surface area contributed by atoms with Crippen LogP contribution in [0.2, 0.25) is 0 Å². The lowest BCUT2D eigenvalue weighted by Crippen LogP contribution is -2.14. The third-order valence-corrected chi connectivity index (χ3v) is 4.74. The number of halogens is 3. The van der Waals surface area contributed by atoms with E-state index in [9.17, 15) is 21.6 Å². The molecule has 0 aliphatic heterocycles. The molecule has 8 heteroatoms. The Balaban J connectivity index is 2.03. The molecule has 0 aliphatic carbocycles. The number of fused-ring (bicyclic) bond motifs is 1. The molecular weight excluding hydrogens is 341 g/mol. The molecule has 0 saturated carbocycles. The van der Waals surface area contributed by atoms with E-state index >= 15 is 0 Å². The zero-order valence-electron chi connectivity index (χ0n) is 12.1. The SMILES string of the molecule is O=S(=O)(Nc1cccc(C(F)(F)F)c1)c1cccc2cccnc12. The molecule has 0 atom stereocenters. The normalized spacial score (nSPS) is 12.3. The number of para-hydroxylation sites is 1. The lowest BCUT2D eigenvalue weighted by Gasteiger charge is -2.12. The quantitative estimate of drug-likeness (QED) is 0.773. The van der Waals surface area contributed by atoms with E-state index in [0.717, 1.165) is 18.2 Å². The van der Waals surface area contributed by atoms with Crippen molar-refractivity contribution >= 4 is 26.6 Å². The summed E-state index contributed by atoms with van der Waals surface area (Å²) in [7, 11) is -4.08. The Morgan fingerprint density at radius 3 is 2.42 bits per heavy atom. The first-order valence-corrected chi connectivity index (χ1v) is 8.29. The first-order chi connectivity index (χ1) is 11.3. The summed E-state index contributed by atoms with van der Waals surface area (Å²) in [6.07, 6.45) is -3.10. The smallest absolute Gasteiger partial charge is 0.280 e. The minimum atomic E-state index is -4.55. The van der Waals surface area contributed by atoms with Gasteiger partial charge in [0, 0.05) is 17.3 Å². The van der Waals surface area contributed by atoms with Gasteiger partial charge in [-0.25, -0.2) is 8.42 Å². The van der Waals surface area contributed by atoms with Gasteiger partial charge in [0.05, 0.1) is 11.1 Å². The highest BCUT2D eigenvalue weighted by molar-refractivity contribution is 7.93. The lowest BCUT2D eigenvalue weighted by molar-refractivity contribution is -0.137. The molecule has 0 aliphatic rings. The monoisotopic (exact) mass is 352 g/mol. The highest BCUT2D eigenvalue weighted by Crippen LogP contribution is 2.31. The molecule has 4 nitrogen and oxygen atoms in total. The molecule has 0 amide bonds. The van der Waals surface area contributed by atoms with E-state index in [1.54, 1.807) is 24.3 Å². The Labute approximate surface area is 136 Å². The van der Waals surface area contributed by atoms with Gasteiger partial charge in [0.15, 0.2) is 0 Å². The third kappa shape index (κ3) is 3.18. The van der Waals surface area contributed by atoms with Crippen molar-refractivity contribution in [2.45, 2.75) is 11.1 Å². The fourth-order valence-electron chi connectivity index (χ4n) is 2.26. The molecule has 0 bridgehead atoms. The highest BCUT2D eigenvalue weighted by Gasteiger charge is 2.30. The number of anilines is 1. The van der Waals surface area contributed by atoms with Gasteiger partial charge in [0.2, 0.25) is 0 Å². The molecule has 3 rings (SSSR count). The van der Waals surface area contributed by atoms with Gasteiger partial charge in [0.1, 0.15) is 4.90 Å². The molecule has 0 radical (unpaired) electrons. The molecule has 24 heavy (non-hydrogen) atoms. The highest BCUT2D eigenvalue weighted by atomic mass is 32.2. The summed E-state index contributed by atoms with van der Waals surface area (Å²) in [5.41, 5.74) is -0.851. The summed E-state index contributed by atoms with van der Waals surface area (Å²) >= 11 is 0. The van der Waals surface area contributed by atoms with Crippen LogP contribution >= 0.6 is 0 Å². The number of nitrogens with zero attached hydrogens (tertiary/aromatic N) is 1. The van der Waals surface area contributed by atoms with Crippen molar-refractivity contribution in [3.63, 3.8) is 0 Å². The van der Waals surface area contributed by atoms with Crippen molar-refractivity contribution < 1.29 is 21.6 Å². The first kappa shape index (κ1) is 16.3. The van der Waals surface area contributed by atoms with Gasteiger partial charge < -0.3 is 0 Å². The number of benzene rings is 2. The maximum absolute atomic E-state index is 12.7. The summed E-state index contributed by atoms with van der Waals surface area (Å²) in [5, 5.41) is 0.615. The molecule has 2 aromatic carbocycles. The standard InChI is InChI=1S/C16H11F3N2O2S/c17-16(18,19)12-6-2-7-13(10-12)21-24(22,23)14-8-1-4-11-5-3-9-20-15(11)14/h1-10,21H. The molecule has 3 aromatic rings. The predicted molar refractivity (Wildman–Crippen MR) is 84.0 cm³/mol. The van der Waals surface area contributed by atoms with Gasteiger partial charge in [0.25, 0.3) is 10.0 Å². The van der Waals surface area contributed by atoms with Crippen LogP contribution in [-0.4, -0.2) is 13.4 Å². The van der Waals surface area contributed by atoms with Gasteiger partial charge in [-0.15, -0.1) is 0 Å². The van der Waals surface area contributed by atoms with Crippen LogP contribution in [0.5, 0.6) is 0 Å². The maximum Gasteiger partial charge on any atom is 0.416 e. The van der Waals surface area contributed by atoms with Gasteiger partial charge in [-0.1, -0.05) is 24.3 Å². The van der Waals surface area contributed by atoms with E-state index in [4.69, 9.17) is 0 Å². The molecular formula is C16H11F3N2O2S. The van der Waals surface area contributed by atoms with Crippen LogP contribution in [0, 0.1) is 0 Å². The summed E-state index contributed by atoms with van der Waals surface area (Å²) in [4.78, 5) is 3.95. The van der Waals surface area contributed by atoms with E-state index < -0.39 is 21.8 Å². The summed E-state index contributed by atoms with van der Waals surface area (Å²) in [6, 6.07) is 12.0. The van der Waals surface area contributed by atoms with Crippen molar-refractivity contribution in [2.24, 2.45) is 0 Å². The fourth-order valence-corrected chi connectivity index (χ4v) is 3.49. The van der Waals surface area contributed by atoms with E-state index in [1.807, 2.05) is 0 Å². The molecule has 0 unspecified atom stereocenters. The Morgan fingerprint density at radius 2 is 1.67 bits per heavy atom.